The molecule has 0 heterocycles. The van der Waals surface area contributed by atoms with Crippen LogP contribution in [0.15, 0.2) is 24.3 Å². The van der Waals surface area contributed by atoms with Crippen molar-refractivity contribution >= 4 is 16.7 Å². The maximum atomic E-state index is 12.4. The molecular weight excluding hydrogens is 322 g/mol. The minimum absolute atomic E-state index is 0.0340. The van der Waals surface area contributed by atoms with E-state index in [-0.39, 0.29) is 23.0 Å². The highest BCUT2D eigenvalue weighted by Crippen LogP contribution is 2.41. The first-order valence-corrected chi connectivity index (χ1v) is 10.4. The minimum Gasteiger partial charge on any atom is -0.497 e. The Bertz CT molecular complexity index is 577. The minimum atomic E-state index is -1.04. The highest BCUT2D eigenvalue weighted by molar-refractivity contribution is 7.86. The van der Waals surface area contributed by atoms with Crippen LogP contribution in [0.3, 0.4) is 0 Å². The van der Waals surface area contributed by atoms with Gasteiger partial charge in [-0.3, -0.25) is 9.00 Å². The van der Waals surface area contributed by atoms with E-state index < -0.39 is 10.8 Å². The number of hydrogen-bond donors (Lipinski definition) is 1. The van der Waals surface area contributed by atoms with Crippen LogP contribution in [0, 0.1) is 5.92 Å². The SMILES string of the molecule is COc1ccc([C@H](NC(=O)C[S@@](=O)C2CCCCC2)C2CC2)cc1. The van der Waals surface area contributed by atoms with E-state index in [4.69, 9.17) is 4.74 Å². The van der Waals surface area contributed by atoms with Crippen LogP contribution < -0.4 is 10.1 Å². The highest BCUT2D eigenvalue weighted by Gasteiger charge is 2.34. The Balaban J connectivity index is 1.58. The molecule has 1 aromatic carbocycles. The van der Waals surface area contributed by atoms with E-state index in [1.165, 1.54) is 6.42 Å². The zero-order chi connectivity index (χ0) is 16.9. The van der Waals surface area contributed by atoms with E-state index in [0.29, 0.717) is 5.92 Å². The summed E-state index contributed by atoms with van der Waals surface area (Å²) in [7, 11) is 0.609. The molecule has 2 aliphatic rings. The predicted octanol–water partition coefficient (Wildman–Crippen LogP) is 3.34. The lowest BCUT2D eigenvalue weighted by Gasteiger charge is -2.22. The molecule has 1 N–H and O–H groups in total. The summed E-state index contributed by atoms with van der Waals surface area (Å²) in [6, 6.07) is 7.92. The first kappa shape index (κ1) is 17.5. The monoisotopic (exact) mass is 349 g/mol. The molecule has 0 radical (unpaired) electrons. The van der Waals surface area contributed by atoms with Gasteiger partial charge < -0.3 is 10.1 Å². The molecule has 4 nitrogen and oxygen atoms in total. The van der Waals surface area contributed by atoms with Gasteiger partial charge >= 0.3 is 0 Å². The number of hydrogen-bond acceptors (Lipinski definition) is 3. The summed E-state index contributed by atoms with van der Waals surface area (Å²) in [5, 5.41) is 3.34. The Kier molecular flexibility index (Phi) is 5.93. The van der Waals surface area contributed by atoms with Crippen molar-refractivity contribution in [2.24, 2.45) is 5.92 Å². The maximum absolute atomic E-state index is 12.4. The van der Waals surface area contributed by atoms with E-state index in [1.807, 2.05) is 24.3 Å². The van der Waals surface area contributed by atoms with Gasteiger partial charge in [0.2, 0.25) is 5.91 Å². The maximum Gasteiger partial charge on any atom is 0.233 e. The van der Waals surface area contributed by atoms with Crippen molar-refractivity contribution in [2.45, 2.75) is 56.2 Å². The fourth-order valence-corrected chi connectivity index (χ4v) is 4.94. The van der Waals surface area contributed by atoms with Gasteiger partial charge in [-0.25, -0.2) is 0 Å². The van der Waals surface area contributed by atoms with Crippen molar-refractivity contribution in [2.75, 3.05) is 12.9 Å². The summed E-state index contributed by atoms with van der Waals surface area (Å²) in [6.07, 6.45) is 7.82. The Morgan fingerprint density at radius 3 is 2.42 bits per heavy atom. The van der Waals surface area contributed by atoms with E-state index in [2.05, 4.69) is 5.32 Å². The van der Waals surface area contributed by atoms with Gasteiger partial charge in [0.05, 0.1) is 13.2 Å². The Labute approximate surface area is 146 Å². The van der Waals surface area contributed by atoms with Crippen molar-refractivity contribution in [1.29, 1.82) is 0 Å². The summed E-state index contributed by atoms with van der Waals surface area (Å²) >= 11 is 0. The third kappa shape index (κ3) is 4.59. The topological polar surface area (TPSA) is 55.4 Å². The molecule has 0 aliphatic heterocycles. The largest absolute Gasteiger partial charge is 0.497 e. The second-order valence-corrected chi connectivity index (χ2v) is 8.66. The first-order chi connectivity index (χ1) is 11.7. The zero-order valence-corrected chi connectivity index (χ0v) is 15.1. The number of carbonyl (C=O) groups is 1. The van der Waals surface area contributed by atoms with Crippen molar-refractivity contribution < 1.29 is 13.7 Å². The molecule has 0 spiro atoms. The van der Waals surface area contributed by atoms with Gasteiger partial charge in [-0.2, -0.15) is 0 Å². The fourth-order valence-electron chi connectivity index (χ4n) is 3.50. The number of methoxy groups -OCH3 is 1. The molecule has 132 valence electrons. The predicted molar refractivity (Wildman–Crippen MR) is 96.5 cm³/mol. The van der Waals surface area contributed by atoms with Crippen LogP contribution in [0.1, 0.15) is 56.6 Å². The van der Waals surface area contributed by atoms with Crippen LogP contribution in [-0.4, -0.2) is 28.2 Å². The quantitative estimate of drug-likeness (QED) is 0.821. The number of ether oxygens (including phenoxy) is 1. The van der Waals surface area contributed by atoms with E-state index in [0.717, 1.165) is 49.8 Å². The van der Waals surface area contributed by atoms with Crippen LogP contribution in [-0.2, 0) is 15.6 Å². The Morgan fingerprint density at radius 1 is 1.17 bits per heavy atom. The van der Waals surface area contributed by atoms with Gasteiger partial charge in [0, 0.05) is 16.0 Å². The molecule has 0 saturated heterocycles. The second kappa shape index (κ2) is 8.15. The van der Waals surface area contributed by atoms with Crippen LogP contribution in [0.2, 0.25) is 0 Å². The first-order valence-electron chi connectivity index (χ1n) is 8.98. The third-order valence-electron chi connectivity index (χ3n) is 5.08. The van der Waals surface area contributed by atoms with Gasteiger partial charge in [-0.15, -0.1) is 0 Å². The number of nitrogens with one attached hydrogen (secondary N) is 1. The lowest BCUT2D eigenvalue weighted by Crippen LogP contribution is -2.35. The summed E-state index contributed by atoms with van der Waals surface area (Å²) in [5.41, 5.74) is 1.11. The molecule has 0 unspecified atom stereocenters. The van der Waals surface area contributed by atoms with Crippen LogP contribution >= 0.6 is 0 Å². The molecule has 2 saturated carbocycles. The average molecular weight is 349 g/mol. The molecule has 1 aromatic rings. The third-order valence-corrected chi connectivity index (χ3v) is 6.84. The molecule has 2 fully saturated rings. The van der Waals surface area contributed by atoms with Crippen molar-refractivity contribution in [1.82, 2.24) is 5.32 Å². The molecule has 2 aliphatic carbocycles. The van der Waals surface area contributed by atoms with E-state index in [1.54, 1.807) is 7.11 Å². The molecule has 3 rings (SSSR count). The molecule has 5 heteroatoms. The molecular formula is C19H27NO3S. The van der Waals surface area contributed by atoms with Gasteiger partial charge in [-0.05, 0) is 49.3 Å². The summed E-state index contributed by atoms with van der Waals surface area (Å²) in [6.45, 7) is 0. The summed E-state index contributed by atoms with van der Waals surface area (Å²) in [4.78, 5) is 12.4. The average Bonchev–Trinajstić information content (AvgIpc) is 3.45. The second-order valence-electron chi connectivity index (χ2n) is 6.94. The standard InChI is InChI=1S/C19H27NO3S/c1-23-16-11-9-15(10-12-16)19(14-7-8-14)20-18(21)13-24(22)17-5-3-2-4-6-17/h9-12,14,17,19H,2-8,13H2,1H3,(H,20,21)/t19-,24-/m1/s1. The normalized spacial score (nSPS) is 21.0. The Morgan fingerprint density at radius 2 is 1.83 bits per heavy atom. The Hall–Kier alpha value is -1.36. The molecule has 24 heavy (non-hydrogen) atoms. The lowest BCUT2D eigenvalue weighted by atomic mass is 10.0. The molecule has 1 amide bonds. The highest BCUT2D eigenvalue weighted by atomic mass is 32.2. The number of rotatable bonds is 7. The van der Waals surface area contributed by atoms with Gasteiger partial charge in [0.15, 0.2) is 0 Å². The van der Waals surface area contributed by atoms with Gasteiger partial charge in [0.25, 0.3) is 0 Å². The number of amides is 1. The summed E-state index contributed by atoms with van der Waals surface area (Å²) < 4.78 is 17.6. The van der Waals surface area contributed by atoms with Crippen LogP contribution in [0.25, 0.3) is 0 Å². The molecule has 0 aromatic heterocycles. The van der Waals surface area contributed by atoms with E-state index >= 15 is 0 Å². The zero-order valence-electron chi connectivity index (χ0n) is 14.3. The van der Waals surface area contributed by atoms with Gasteiger partial charge in [0.1, 0.15) is 11.5 Å². The van der Waals surface area contributed by atoms with Crippen LogP contribution in [0.4, 0.5) is 0 Å². The van der Waals surface area contributed by atoms with E-state index in [9.17, 15) is 9.00 Å². The smallest absolute Gasteiger partial charge is 0.233 e. The van der Waals surface area contributed by atoms with Crippen molar-refractivity contribution in [3.05, 3.63) is 29.8 Å². The number of carbonyl (C=O) groups excluding carboxylic acids is 1. The molecule has 2 atom stereocenters. The van der Waals surface area contributed by atoms with Crippen LogP contribution in [0.5, 0.6) is 5.75 Å². The molecule has 0 bridgehead atoms. The fraction of sp³-hybridized carbons (Fsp3) is 0.632. The lowest BCUT2D eigenvalue weighted by molar-refractivity contribution is -0.119. The van der Waals surface area contributed by atoms with Crippen molar-refractivity contribution in [3.8, 4) is 5.75 Å². The summed E-state index contributed by atoms with van der Waals surface area (Å²) in [5.74, 6) is 1.39. The van der Waals surface area contributed by atoms with Gasteiger partial charge in [-0.1, -0.05) is 31.4 Å². The van der Waals surface area contributed by atoms with Crippen molar-refractivity contribution in [3.63, 3.8) is 0 Å². The number of benzene rings is 1.